The van der Waals surface area contributed by atoms with Gasteiger partial charge in [-0.1, -0.05) is 12.1 Å². The van der Waals surface area contributed by atoms with Gasteiger partial charge < -0.3 is 15.0 Å². The Bertz CT molecular complexity index is 515. The van der Waals surface area contributed by atoms with Gasteiger partial charge in [0, 0.05) is 31.0 Å². The Morgan fingerprint density at radius 1 is 1.38 bits per heavy atom. The van der Waals surface area contributed by atoms with E-state index in [2.05, 4.69) is 53.2 Å². The third-order valence-electron chi connectivity index (χ3n) is 5.17. The number of hydrogen-bond donors (Lipinski definition) is 1. The summed E-state index contributed by atoms with van der Waals surface area (Å²) in [6, 6.07) is 9.92. The first kappa shape index (κ1) is 13.8. The standard InChI is InChI=1S/C17H24N2OS/c1-13-11-18-15-4-2-3-5-16(15)19(13)14-6-8-20-17(10-14)7-9-21-12-17/h2-5,13-14,18H,6-12H2,1H3. The van der Waals surface area contributed by atoms with Crippen LogP contribution in [0.2, 0.25) is 0 Å². The van der Waals surface area contributed by atoms with Gasteiger partial charge in [-0.2, -0.15) is 11.8 Å². The second-order valence-corrected chi connectivity index (χ2v) is 7.74. The topological polar surface area (TPSA) is 24.5 Å². The SMILES string of the molecule is CC1CNc2ccccc2N1C1CCOC2(CCSC2)C1. The lowest BCUT2D eigenvalue weighted by Gasteiger charge is -2.48. The van der Waals surface area contributed by atoms with E-state index in [1.807, 2.05) is 0 Å². The Morgan fingerprint density at radius 3 is 3.14 bits per heavy atom. The fourth-order valence-electron chi connectivity index (χ4n) is 4.10. The number of nitrogens with one attached hydrogen (secondary N) is 1. The van der Waals surface area contributed by atoms with Crippen LogP contribution in [0.5, 0.6) is 0 Å². The van der Waals surface area contributed by atoms with Gasteiger partial charge in [0.2, 0.25) is 0 Å². The van der Waals surface area contributed by atoms with Gasteiger partial charge in [-0.3, -0.25) is 0 Å². The molecule has 0 amide bonds. The predicted molar refractivity (Wildman–Crippen MR) is 90.5 cm³/mol. The van der Waals surface area contributed by atoms with E-state index in [9.17, 15) is 0 Å². The van der Waals surface area contributed by atoms with E-state index >= 15 is 0 Å². The molecule has 21 heavy (non-hydrogen) atoms. The number of hydrogen-bond acceptors (Lipinski definition) is 4. The van der Waals surface area contributed by atoms with Crippen LogP contribution in [-0.4, -0.2) is 42.3 Å². The summed E-state index contributed by atoms with van der Waals surface area (Å²) < 4.78 is 6.21. The third-order valence-corrected chi connectivity index (χ3v) is 6.40. The Kier molecular flexibility index (Phi) is 3.54. The summed E-state index contributed by atoms with van der Waals surface area (Å²) in [7, 11) is 0. The predicted octanol–water partition coefficient (Wildman–Crippen LogP) is 3.36. The minimum Gasteiger partial charge on any atom is -0.381 e. The van der Waals surface area contributed by atoms with E-state index in [0.29, 0.717) is 12.1 Å². The zero-order chi connectivity index (χ0) is 14.3. The van der Waals surface area contributed by atoms with Gasteiger partial charge in [0.15, 0.2) is 0 Å². The zero-order valence-corrected chi connectivity index (χ0v) is 13.5. The maximum absolute atomic E-state index is 6.21. The van der Waals surface area contributed by atoms with Gasteiger partial charge in [0.25, 0.3) is 0 Å². The summed E-state index contributed by atoms with van der Waals surface area (Å²) in [4.78, 5) is 2.67. The van der Waals surface area contributed by atoms with Crippen LogP contribution in [0.15, 0.2) is 24.3 Å². The van der Waals surface area contributed by atoms with Crippen molar-refractivity contribution in [3.05, 3.63) is 24.3 Å². The summed E-state index contributed by atoms with van der Waals surface area (Å²) in [5, 5.41) is 3.57. The van der Waals surface area contributed by atoms with E-state index in [4.69, 9.17) is 4.74 Å². The number of nitrogens with zero attached hydrogens (tertiary/aromatic N) is 1. The molecule has 0 saturated carbocycles. The average Bonchev–Trinajstić information content (AvgIpc) is 2.95. The molecule has 3 aliphatic heterocycles. The molecule has 0 aromatic heterocycles. The molecule has 4 rings (SSSR count). The van der Waals surface area contributed by atoms with Crippen LogP contribution in [0.25, 0.3) is 0 Å². The second-order valence-electron chi connectivity index (χ2n) is 6.64. The fraction of sp³-hybridized carbons (Fsp3) is 0.647. The fourth-order valence-corrected chi connectivity index (χ4v) is 5.48. The largest absolute Gasteiger partial charge is 0.381 e. The van der Waals surface area contributed by atoms with Crippen LogP contribution in [0.4, 0.5) is 11.4 Å². The molecular formula is C17H24N2OS. The van der Waals surface area contributed by atoms with Gasteiger partial charge in [0.05, 0.1) is 17.0 Å². The molecule has 1 aromatic rings. The highest BCUT2D eigenvalue weighted by Crippen LogP contribution is 2.42. The molecule has 2 fully saturated rings. The Balaban J connectivity index is 1.63. The maximum atomic E-state index is 6.21. The zero-order valence-electron chi connectivity index (χ0n) is 12.7. The molecule has 1 N–H and O–H groups in total. The molecular weight excluding hydrogens is 280 g/mol. The summed E-state index contributed by atoms with van der Waals surface area (Å²) in [6.45, 7) is 4.30. The van der Waals surface area contributed by atoms with Crippen molar-refractivity contribution in [2.24, 2.45) is 0 Å². The molecule has 3 nitrogen and oxygen atoms in total. The van der Waals surface area contributed by atoms with Crippen molar-refractivity contribution in [3.8, 4) is 0 Å². The molecule has 4 heteroatoms. The first-order valence-electron chi connectivity index (χ1n) is 8.10. The number of ether oxygens (including phenoxy) is 1. The highest BCUT2D eigenvalue weighted by atomic mass is 32.2. The second kappa shape index (κ2) is 5.40. The van der Waals surface area contributed by atoms with Crippen molar-refractivity contribution in [1.82, 2.24) is 0 Å². The molecule has 2 saturated heterocycles. The molecule has 0 radical (unpaired) electrons. The molecule has 114 valence electrons. The van der Waals surface area contributed by atoms with Crippen molar-refractivity contribution in [3.63, 3.8) is 0 Å². The van der Waals surface area contributed by atoms with Gasteiger partial charge >= 0.3 is 0 Å². The molecule has 3 heterocycles. The normalized spacial score (nSPS) is 35.6. The molecule has 3 unspecified atom stereocenters. The number of thioether (sulfide) groups is 1. The molecule has 0 aliphatic carbocycles. The van der Waals surface area contributed by atoms with Crippen LogP contribution < -0.4 is 10.2 Å². The number of benzene rings is 1. The lowest BCUT2D eigenvalue weighted by Crippen LogP contribution is -2.54. The van der Waals surface area contributed by atoms with E-state index in [1.54, 1.807) is 0 Å². The highest BCUT2D eigenvalue weighted by Gasteiger charge is 2.43. The monoisotopic (exact) mass is 304 g/mol. The van der Waals surface area contributed by atoms with Crippen molar-refractivity contribution in [2.75, 3.05) is 34.9 Å². The van der Waals surface area contributed by atoms with E-state index in [-0.39, 0.29) is 5.60 Å². The summed E-state index contributed by atoms with van der Waals surface area (Å²) in [6.07, 6.45) is 3.58. The first-order chi connectivity index (χ1) is 10.3. The lowest BCUT2D eigenvalue weighted by atomic mass is 9.87. The summed E-state index contributed by atoms with van der Waals surface area (Å²) in [5.41, 5.74) is 2.83. The van der Waals surface area contributed by atoms with E-state index in [0.717, 1.165) is 19.6 Å². The number of anilines is 2. The van der Waals surface area contributed by atoms with Crippen molar-refractivity contribution in [1.29, 1.82) is 0 Å². The van der Waals surface area contributed by atoms with Gasteiger partial charge in [-0.15, -0.1) is 0 Å². The van der Waals surface area contributed by atoms with Gasteiger partial charge in [-0.05, 0) is 44.1 Å². The van der Waals surface area contributed by atoms with Crippen LogP contribution in [0.1, 0.15) is 26.2 Å². The quantitative estimate of drug-likeness (QED) is 0.860. The van der Waals surface area contributed by atoms with Crippen LogP contribution in [0.3, 0.4) is 0 Å². The van der Waals surface area contributed by atoms with Crippen molar-refractivity contribution >= 4 is 23.1 Å². The molecule has 3 atom stereocenters. The van der Waals surface area contributed by atoms with E-state index in [1.165, 1.54) is 35.7 Å². The molecule has 0 bridgehead atoms. The smallest absolute Gasteiger partial charge is 0.0799 e. The number of rotatable bonds is 1. The van der Waals surface area contributed by atoms with Crippen molar-refractivity contribution < 1.29 is 4.74 Å². The molecule has 1 aromatic carbocycles. The summed E-state index contributed by atoms with van der Waals surface area (Å²) in [5.74, 6) is 2.45. The Morgan fingerprint density at radius 2 is 2.29 bits per heavy atom. The Labute approximate surface area is 131 Å². The maximum Gasteiger partial charge on any atom is 0.0799 e. The van der Waals surface area contributed by atoms with Crippen LogP contribution in [0, 0.1) is 0 Å². The summed E-state index contributed by atoms with van der Waals surface area (Å²) >= 11 is 2.06. The minimum atomic E-state index is 0.160. The van der Waals surface area contributed by atoms with Crippen LogP contribution in [-0.2, 0) is 4.74 Å². The third kappa shape index (κ3) is 2.42. The number of fused-ring (bicyclic) bond motifs is 1. The molecule has 1 spiro atoms. The lowest BCUT2D eigenvalue weighted by molar-refractivity contribution is -0.0669. The van der Waals surface area contributed by atoms with Gasteiger partial charge in [0.1, 0.15) is 0 Å². The van der Waals surface area contributed by atoms with E-state index < -0.39 is 0 Å². The highest BCUT2D eigenvalue weighted by molar-refractivity contribution is 7.99. The molecule has 3 aliphatic rings. The Hall–Kier alpha value is -0.870. The van der Waals surface area contributed by atoms with Crippen molar-refractivity contribution in [2.45, 2.75) is 43.9 Å². The van der Waals surface area contributed by atoms with Gasteiger partial charge in [-0.25, -0.2) is 0 Å². The van der Waals surface area contributed by atoms with Crippen LogP contribution >= 0.6 is 11.8 Å². The average molecular weight is 304 g/mol. The number of para-hydroxylation sites is 2. The first-order valence-corrected chi connectivity index (χ1v) is 9.26. The minimum absolute atomic E-state index is 0.160.